The second-order valence-electron chi connectivity index (χ2n) is 7.24. The monoisotopic (exact) mass is 329 g/mol. The summed E-state index contributed by atoms with van der Waals surface area (Å²) in [6.45, 7) is 12.4. The highest BCUT2D eigenvalue weighted by Gasteiger charge is 2.43. The predicted molar refractivity (Wildman–Crippen MR) is 106 cm³/mol. The highest BCUT2D eigenvalue weighted by molar-refractivity contribution is 5.57. The number of aliphatic imine (C=N–C) groups is 1. The van der Waals surface area contributed by atoms with Crippen LogP contribution in [-0.2, 0) is 6.42 Å². The van der Waals surface area contributed by atoms with Gasteiger partial charge in [-0.15, -0.1) is 0 Å². The number of rotatable bonds is 6. The van der Waals surface area contributed by atoms with Crippen LogP contribution in [0.2, 0.25) is 0 Å². The van der Waals surface area contributed by atoms with Crippen molar-refractivity contribution >= 4 is 6.21 Å². The number of hydrogen-bond donors (Lipinski definition) is 1. The van der Waals surface area contributed by atoms with Crippen LogP contribution in [0.5, 0.6) is 0 Å². The van der Waals surface area contributed by atoms with Crippen molar-refractivity contribution in [2.45, 2.75) is 59.8 Å². The zero-order valence-corrected chi connectivity index (χ0v) is 16.0. The molecule has 1 fully saturated rings. The van der Waals surface area contributed by atoms with Gasteiger partial charge >= 0.3 is 0 Å². The molecule has 0 amide bonds. The van der Waals surface area contributed by atoms with Crippen LogP contribution < -0.4 is 0 Å². The van der Waals surface area contributed by atoms with E-state index in [0.29, 0.717) is 12.5 Å². The summed E-state index contributed by atoms with van der Waals surface area (Å²) >= 11 is 0. The van der Waals surface area contributed by atoms with Crippen molar-refractivity contribution in [3.8, 4) is 0 Å². The molecule has 1 N–H and O–H groups in total. The van der Waals surface area contributed by atoms with Gasteiger partial charge in [0, 0.05) is 19.0 Å². The van der Waals surface area contributed by atoms with Crippen LogP contribution in [0.1, 0.15) is 57.6 Å². The van der Waals surface area contributed by atoms with Gasteiger partial charge in [-0.3, -0.25) is 4.99 Å². The first-order chi connectivity index (χ1) is 11.5. The van der Waals surface area contributed by atoms with Crippen LogP contribution in [0.3, 0.4) is 0 Å². The average molecular weight is 330 g/mol. The Bertz CT molecular complexity index is 505. The Kier molecular flexibility index (Phi) is 8.99. The minimum absolute atomic E-state index is 0.157. The molecule has 0 bridgehead atoms. The van der Waals surface area contributed by atoms with Gasteiger partial charge in [-0.05, 0) is 55.4 Å². The molecule has 3 atom stereocenters. The molecule has 1 aromatic rings. The largest absolute Gasteiger partial charge is 0.396 e. The molecular weight excluding hydrogens is 294 g/mol. The van der Waals surface area contributed by atoms with Crippen LogP contribution in [0.15, 0.2) is 42.0 Å². The zero-order valence-electron chi connectivity index (χ0n) is 16.0. The normalized spacial score (nSPS) is 26.2. The summed E-state index contributed by atoms with van der Waals surface area (Å²) in [6.07, 6.45) is 9.15. The van der Waals surface area contributed by atoms with Gasteiger partial charge in [0.2, 0.25) is 0 Å². The van der Waals surface area contributed by atoms with Crippen molar-refractivity contribution in [2.75, 3.05) is 6.61 Å². The molecular formula is C22H35NO. The zero-order chi connectivity index (χ0) is 18.0. The van der Waals surface area contributed by atoms with Crippen molar-refractivity contribution in [2.24, 2.45) is 22.2 Å². The first-order valence-electron chi connectivity index (χ1n) is 9.29. The van der Waals surface area contributed by atoms with Gasteiger partial charge in [-0.25, -0.2) is 0 Å². The average Bonchev–Trinajstić information content (AvgIpc) is 2.92. The summed E-state index contributed by atoms with van der Waals surface area (Å²) < 4.78 is 0. The van der Waals surface area contributed by atoms with E-state index in [1.54, 1.807) is 0 Å². The van der Waals surface area contributed by atoms with Gasteiger partial charge in [-0.1, -0.05) is 63.6 Å². The fourth-order valence-electron chi connectivity index (χ4n) is 3.94. The quantitative estimate of drug-likeness (QED) is 0.679. The van der Waals surface area contributed by atoms with E-state index in [2.05, 4.69) is 56.6 Å². The summed E-state index contributed by atoms with van der Waals surface area (Å²) in [7, 11) is 0. The van der Waals surface area contributed by atoms with Gasteiger partial charge in [0.1, 0.15) is 0 Å². The first kappa shape index (κ1) is 20.6. The predicted octanol–water partition coefficient (Wildman–Crippen LogP) is 5.58. The molecule has 0 spiro atoms. The standard InChI is InChI=1S/C17H26O.C5H9N/c1-4-16-15(9-10-17(16,3)12-18)11-14-7-5-13(2)6-8-14;1-3-5-6-4-2/h5-8,15-16,18H,4,9-12H2,1-3H3;4-5H,2-3H2,1H3. The van der Waals surface area contributed by atoms with Crippen LogP contribution >= 0.6 is 0 Å². The Morgan fingerprint density at radius 1 is 1.29 bits per heavy atom. The van der Waals surface area contributed by atoms with E-state index in [1.807, 2.05) is 13.1 Å². The Balaban J connectivity index is 0.000000413. The number of benzene rings is 1. The minimum atomic E-state index is 0.157. The van der Waals surface area contributed by atoms with Crippen LogP contribution in [0.4, 0.5) is 0 Å². The Labute approximate surface area is 148 Å². The lowest BCUT2D eigenvalue weighted by Crippen LogP contribution is -2.29. The lowest BCUT2D eigenvalue weighted by atomic mass is 9.75. The van der Waals surface area contributed by atoms with E-state index in [4.69, 9.17) is 0 Å². The van der Waals surface area contributed by atoms with E-state index in [1.165, 1.54) is 43.0 Å². The Hall–Kier alpha value is -1.41. The third-order valence-corrected chi connectivity index (χ3v) is 5.36. The molecule has 1 aliphatic carbocycles. The molecule has 2 nitrogen and oxygen atoms in total. The second kappa shape index (κ2) is 10.5. The van der Waals surface area contributed by atoms with Crippen LogP contribution in [0, 0.1) is 24.2 Å². The lowest BCUT2D eigenvalue weighted by Gasteiger charge is -2.32. The molecule has 1 aromatic carbocycles. The molecule has 1 aliphatic rings. The fourth-order valence-corrected chi connectivity index (χ4v) is 3.94. The molecule has 0 aromatic heterocycles. The summed E-state index contributed by atoms with van der Waals surface area (Å²) in [4.78, 5) is 3.73. The van der Waals surface area contributed by atoms with E-state index >= 15 is 0 Å². The van der Waals surface area contributed by atoms with Crippen molar-refractivity contribution in [3.05, 3.63) is 48.2 Å². The van der Waals surface area contributed by atoms with Gasteiger partial charge in [0.15, 0.2) is 0 Å². The SMILES string of the molecule is C=CN=CCC.CCC1C(Cc2ccc(C)cc2)CCC1(C)CO. The smallest absolute Gasteiger partial charge is 0.0487 e. The van der Waals surface area contributed by atoms with E-state index in [9.17, 15) is 5.11 Å². The number of aliphatic hydroxyl groups is 1. The Morgan fingerprint density at radius 2 is 1.96 bits per heavy atom. The van der Waals surface area contributed by atoms with E-state index in [0.717, 1.165) is 12.3 Å². The molecule has 0 radical (unpaired) electrons. The number of aliphatic hydroxyl groups excluding tert-OH is 1. The van der Waals surface area contributed by atoms with Crippen molar-refractivity contribution in [1.82, 2.24) is 0 Å². The van der Waals surface area contributed by atoms with Gasteiger partial charge in [0.05, 0.1) is 0 Å². The summed E-state index contributed by atoms with van der Waals surface area (Å²) in [5.41, 5.74) is 2.94. The molecule has 1 saturated carbocycles. The second-order valence-corrected chi connectivity index (χ2v) is 7.24. The van der Waals surface area contributed by atoms with Crippen molar-refractivity contribution in [1.29, 1.82) is 0 Å². The molecule has 24 heavy (non-hydrogen) atoms. The lowest BCUT2D eigenvalue weighted by molar-refractivity contribution is 0.0856. The molecule has 134 valence electrons. The van der Waals surface area contributed by atoms with E-state index in [-0.39, 0.29) is 5.41 Å². The maximum absolute atomic E-state index is 9.65. The summed E-state index contributed by atoms with van der Waals surface area (Å²) in [6, 6.07) is 8.93. The van der Waals surface area contributed by atoms with Crippen LogP contribution in [0.25, 0.3) is 0 Å². The first-order valence-corrected chi connectivity index (χ1v) is 9.29. The van der Waals surface area contributed by atoms with Gasteiger partial charge in [0.25, 0.3) is 0 Å². The molecule has 0 aliphatic heterocycles. The number of aryl methyl sites for hydroxylation is 1. The maximum atomic E-state index is 9.65. The maximum Gasteiger partial charge on any atom is 0.0487 e. The highest BCUT2D eigenvalue weighted by atomic mass is 16.3. The molecule has 0 heterocycles. The topological polar surface area (TPSA) is 32.6 Å². The third kappa shape index (κ3) is 5.90. The summed E-state index contributed by atoms with van der Waals surface area (Å²) in [5.74, 6) is 1.42. The third-order valence-electron chi connectivity index (χ3n) is 5.36. The van der Waals surface area contributed by atoms with Crippen molar-refractivity contribution < 1.29 is 5.11 Å². The summed E-state index contributed by atoms with van der Waals surface area (Å²) in [5, 5.41) is 9.65. The molecule has 2 heteroatoms. The van der Waals surface area contributed by atoms with Crippen LogP contribution in [-0.4, -0.2) is 17.9 Å². The molecule has 0 saturated heterocycles. The number of nitrogens with zero attached hydrogens (tertiary/aromatic N) is 1. The van der Waals surface area contributed by atoms with Gasteiger partial charge < -0.3 is 5.11 Å². The minimum Gasteiger partial charge on any atom is -0.396 e. The molecule has 2 rings (SSSR count). The van der Waals surface area contributed by atoms with E-state index < -0.39 is 0 Å². The molecule has 3 unspecified atom stereocenters. The number of hydrogen-bond acceptors (Lipinski definition) is 2. The Morgan fingerprint density at radius 3 is 2.42 bits per heavy atom. The fraction of sp³-hybridized carbons (Fsp3) is 0.591. The van der Waals surface area contributed by atoms with Gasteiger partial charge in [-0.2, -0.15) is 0 Å². The highest BCUT2D eigenvalue weighted by Crippen LogP contribution is 2.49. The van der Waals surface area contributed by atoms with Crippen molar-refractivity contribution in [3.63, 3.8) is 0 Å².